The maximum atomic E-state index is 12.9. The first kappa shape index (κ1) is 56.7. The number of rotatable bonds is 30. The van der Waals surface area contributed by atoms with Crippen molar-refractivity contribution < 1.29 is 97.7 Å². The molecule has 2 unspecified atom stereocenters. The molecule has 4 atom stereocenters. The molecule has 28 nitrogen and oxygen atoms in total. The van der Waals surface area contributed by atoms with E-state index in [1.807, 2.05) is 0 Å². The Hall–Kier alpha value is -5.35. The molecule has 12 N–H and O–H groups in total. The Morgan fingerprint density at radius 1 is 0.484 bits per heavy atom. The average Bonchev–Trinajstić information content (AvgIpc) is 3.17. The topological polar surface area (TPSA) is 420 Å². The SMILES string of the molecule is O=C(O)CC[C@H](NP(=O)(O)OCCC(NC(=O)CC[C@H](NC(=O)CCCCNC(=O)CN1CCN(CC(=O)O)CCN(CC(=O)O)CCN(CC(=O)O)CC1)C(=O)O)C(=O)O)C(=O)O. The number of nitrogens with zero attached hydrogens (tertiary/aromatic N) is 4. The summed E-state index contributed by atoms with van der Waals surface area (Å²) in [6, 6.07) is -5.04. The monoisotopic (exact) mass is 942 g/mol. The van der Waals surface area contributed by atoms with Crippen LogP contribution in [0.2, 0.25) is 0 Å². The van der Waals surface area contributed by atoms with Gasteiger partial charge in [-0.15, -0.1) is 0 Å². The second-order valence-corrected chi connectivity index (χ2v) is 16.2. The highest BCUT2D eigenvalue weighted by Crippen LogP contribution is 2.38. The highest BCUT2D eigenvalue weighted by molar-refractivity contribution is 7.50. The maximum Gasteiger partial charge on any atom is 0.403 e. The summed E-state index contributed by atoms with van der Waals surface area (Å²) in [7, 11) is -4.88. The minimum atomic E-state index is -4.88. The van der Waals surface area contributed by atoms with E-state index in [1.165, 1.54) is 0 Å². The fraction of sp³-hybridized carbons (Fsp3) is 0.714. The van der Waals surface area contributed by atoms with Gasteiger partial charge >= 0.3 is 49.5 Å². The van der Waals surface area contributed by atoms with Crippen molar-refractivity contribution in [2.45, 2.75) is 69.5 Å². The molecule has 1 saturated heterocycles. The number of hydrogen-bond acceptors (Lipinski definition) is 16. The standard InChI is InChI=1S/C35H59N8O20P/c44-26(37-23(33(55)56)4-6-27(45)38-24(34(57)58)8-18-63-64(61,62)39-25(35(59)60)5-7-29(47)48)3-1-2-9-36-28(46)19-40-10-12-41(20-30(49)50)14-16-43(22-32(53)54)17-15-42(13-11-40)21-31(51)52/h23-25H,1-22H2,(H,36,46)(H,37,44)(H,38,45)(H,47,48)(H,49,50)(H,51,52)(H,53,54)(H,55,56)(H,57,58)(H,59,60)(H2,39,61,62)/t23-,24?,25-/m0/s1. The maximum absolute atomic E-state index is 12.9. The zero-order chi connectivity index (χ0) is 48.4. The fourth-order valence-electron chi connectivity index (χ4n) is 6.04. The van der Waals surface area contributed by atoms with Crippen LogP contribution in [0.1, 0.15) is 51.4 Å². The van der Waals surface area contributed by atoms with Crippen LogP contribution < -0.4 is 21.0 Å². The minimum Gasteiger partial charge on any atom is -0.481 e. The van der Waals surface area contributed by atoms with Crippen LogP contribution in [0.5, 0.6) is 0 Å². The van der Waals surface area contributed by atoms with E-state index in [0.717, 1.165) is 0 Å². The third kappa shape index (κ3) is 27.0. The van der Waals surface area contributed by atoms with Gasteiger partial charge in [0.25, 0.3) is 0 Å². The highest BCUT2D eigenvalue weighted by Gasteiger charge is 2.31. The molecule has 0 radical (unpaired) electrons. The molecule has 29 heteroatoms. The van der Waals surface area contributed by atoms with Crippen LogP contribution in [0.3, 0.4) is 0 Å². The van der Waals surface area contributed by atoms with Gasteiger partial charge in [-0.25, -0.2) is 19.2 Å². The predicted molar refractivity (Wildman–Crippen MR) is 216 cm³/mol. The third-order valence-electron chi connectivity index (χ3n) is 9.39. The summed E-state index contributed by atoms with van der Waals surface area (Å²) in [5.41, 5.74) is 0. The number of hydrogen-bond donors (Lipinski definition) is 12. The molecule has 1 fully saturated rings. The van der Waals surface area contributed by atoms with Gasteiger partial charge in [0.05, 0.1) is 32.8 Å². The van der Waals surface area contributed by atoms with Gasteiger partial charge in [0, 0.05) is 84.6 Å². The van der Waals surface area contributed by atoms with Gasteiger partial charge in [-0.05, 0) is 25.7 Å². The largest absolute Gasteiger partial charge is 0.481 e. The summed E-state index contributed by atoms with van der Waals surface area (Å²) in [6.07, 6.45) is -2.54. The highest BCUT2D eigenvalue weighted by atomic mass is 31.2. The molecule has 1 heterocycles. The Labute approximate surface area is 366 Å². The van der Waals surface area contributed by atoms with Gasteiger partial charge in [0.2, 0.25) is 17.7 Å². The van der Waals surface area contributed by atoms with E-state index >= 15 is 0 Å². The Morgan fingerprint density at radius 2 is 0.875 bits per heavy atom. The van der Waals surface area contributed by atoms with Crippen molar-refractivity contribution in [1.29, 1.82) is 0 Å². The van der Waals surface area contributed by atoms with E-state index in [1.54, 1.807) is 24.7 Å². The van der Waals surface area contributed by atoms with Crippen LogP contribution in [0, 0.1) is 0 Å². The van der Waals surface area contributed by atoms with E-state index in [2.05, 4.69) is 20.5 Å². The lowest BCUT2D eigenvalue weighted by atomic mass is 10.1. The molecule has 3 amide bonds. The molecule has 0 saturated carbocycles. The third-order valence-corrected chi connectivity index (χ3v) is 10.6. The average molecular weight is 943 g/mol. The number of carbonyl (C=O) groups is 10. The molecular formula is C35H59N8O20P. The lowest BCUT2D eigenvalue weighted by molar-refractivity contribution is -0.143. The number of carboxylic acids is 7. The quantitative estimate of drug-likeness (QED) is 0.0242. The lowest BCUT2D eigenvalue weighted by Gasteiger charge is -2.32. The molecular weight excluding hydrogens is 883 g/mol. The summed E-state index contributed by atoms with van der Waals surface area (Å²) >= 11 is 0. The van der Waals surface area contributed by atoms with Crippen molar-refractivity contribution in [3.63, 3.8) is 0 Å². The van der Waals surface area contributed by atoms with Crippen LogP contribution in [-0.2, 0) is 57.0 Å². The van der Waals surface area contributed by atoms with Crippen molar-refractivity contribution >= 4 is 67.3 Å². The van der Waals surface area contributed by atoms with Crippen molar-refractivity contribution in [1.82, 2.24) is 40.6 Å². The van der Waals surface area contributed by atoms with E-state index in [4.69, 9.17) is 10.2 Å². The molecule has 64 heavy (non-hydrogen) atoms. The van der Waals surface area contributed by atoms with Crippen molar-refractivity contribution in [2.75, 3.05) is 91.7 Å². The predicted octanol–water partition coefficient (Wildman–Crippen LogP) is -3.92. The second kappa shape index (κ2) is 29.9. The molecule has 0 bridgehead atoms. The van der Waals surface area contributed by atoms with Gasteiger partial charge in [-0.2, -0.15) is 0 Å². The summed E-state index contributed by atoms with van der Waals surface area (Å²) in [5, 5.41) is 73.8. The first-order chi connectivity index (χ1) is 30.0. The smallest absolute Gasteiger partial charge is 0.403 e. The first-order valence-corrected chi connectivity index (χ1v) is 21.6. The van der Waals surface area contributed by atoms with Gasteiger partial charge in [0.1, 0.15) is 18.1 Å². The molecule has 1 rings (SSSR count). The zero-order valence-electron chi connectivity index (χ0n) is 35.0. The van der Waals surface area contributed by atoms with Gasteiger partial charge < -0.3 is 56.6 Å². The van der Waals surface area contributed by atoms with Crippen LogP contribution in [0.4, 0.5) is 0 Å². The molecule has 0 aromatic carbocycles. The summed E-state index contributed by atoms with van der Waals surface area (Å²) in [5.74, 6) is -11.5. The normalized spacial score (nSPS) is 17.2. The number of carboxylic acid groups (broad SMARTS) is 7. The van der Waals surface area contributed by atoms with E-state index < -0.39 is 124 Å². The van der Waals surface area contributed by atoms with Crippen LogP contribution in [0.15, 0.2) is 0 Å². The van der Waals surface area contributed by atoms with Crippen molar-refractivity contribution in [3.8, 4) is 0 Å². The van der Waals surface area contributed by atoms with Gasteiger partial charge in [-0.1, -0.05) is 0 Å². The number of nitrogens with one attached hydrogen (secondary N) is 4. The van der Waals surface area contributed by atoms with E-state index in [9.17, 15) is 82.9 Å². The fourth-order valence-corrected chi connectivity index (χ4v) is 7.11. The van der Waals surface area contributed by atoms with Crippen LogP contribution >= 0.6 is 7.75 Å². The first-order valence-electron chi connectivity index (χ1n) is 20.0. The van der Waals surface area contributed by atoms with Gasteiger partial charge in [0.15, 0.2) is 0 Å². The molecule has 1 aliphatic rings. The Kier molecular flexibility index (Phi) is 26.5. The molecule has 0 spiro atoms. The Bertz CT molecular complexity index is 1640. The zero-order valence-corrected chi connectivity index (χ0v) is 35.9. The number of aliphatic carboxylic acids is 7. The minimum absolute atomic E-state index is 0.121. The van der Waals surface area contributed by atoms with Crippen LogP contribution in [-0.4, -0.2) is 230 Å². The Balaban J connectivity index is 2.62. The number of carbonyl (C=O) groups excluding carboxylic acids is 3. The molecule has 364 valence electrons. The Morgan fingerprint density at radius 3 is 1.28 bits per heavy atom. The number of amides is 3. The van der Waals surface area contributed by atoms with Gasteiger partial charge in [-0.3, -0.25) is 62.5 Å². The molecule has 0 aromatic heterocycles. The van der Waals surface area contributed by atoms with E-state index in [-0.39, 0.29) is 104 Å². The molecule has 0 aliphatic carbocycles. The summed E-state index contributed by atoms with van der Waals surface area (Å²) in [4.78, 5) is 134. The summed E-state index contributed by atoms with van der Waals surface area (Å²) < 4.78 is 16.9. The van der Waals surface area contributed by atoms with Crippen LogP contribution in [0.25, 0.3) is 0 Å². The van der Waals surface area contributed by atoms with Crippen molar-refractivity contribution in [3.05, 3.63) is 0 Å². The van der Waals surface area contributed by atoms with E-state index in [0.29, 0.717) is 0 Å². The second-order valence-electron chi connectivity index (χ2n) is 14.6. The lowest BCUT2D eigenvalue weighted by Crippen LogP contribution is -2.49. The van der Waals surface area contributed by atoms with Crippen molar-refractivity contribution in [2.24, 2.45) is 0 Å². The molecule has 0 aromatic rings. The molecule has 1 aliphatic heterocycles. The number of unbranched alkanes of at least 4 members (excludes halogenated alkanes) is 1. The summed E-state index contributed by atoms with van der Waals surface area (Å²) in [6.45, 7) is -0.0449.